The maximum absolute atomic E-state index is 12.7. The van der Waals surface area contributed by atoms with Crippen molar-refractivity contribution in [2.75, 3.05) is 51.2 Å². The van der Waals surface area contributed by atoms with E-state index in [2.05, 4.69) is 27.9 Å². The molecule has 132 valence electrons. The highest BCUT2D eigenvalue weighted by molar-refractivity contribution is 6.33. The van der Waals surface area contributed by atoms with Gasteiger partial charge in [0.05, 0.1) is 10.6 Å². The van der Waals surface area contributed by atoms with Gasteiger partial charge in [0.25, 0.3) is 0 Å². The van der Waals surface area contributed by atoms with Gasteiger partial charge in [0.2, 0.25) is 0 Å². The minimum absolute atomic E-state index is 0.0428. The first-order valence-corrected chi connectivity index (χ1v) is 8.32. The van der Waals surface area contributed by atoms with Crippen LogP contribution in [0.5, 0.6) is 0 Å². The largest absolute Gasteiger partial charge is 0.417 e. The molecular formula is C16H20ClF3N4. The second-order valence-electron chi connectivity index (χ2n) is 6.21. The smallest absolute Gasteiger partial charge is 0.372 e. The summed E-state index contributed by atoms with van der Waals surface area (Å²) in [7, 11) is 2.12. The lowest BCUT2D eigenvalue weighted by atomic mass is 10.1. The zero-order valence-corrected chi connectivity index (χ0v) is 14.2. The number of rotatable bonds is 2. The summed E-state index contributed by atoms with van der Waals surface area (Å²) < 4.78 is 38.1. The molecule has 0 aromatic carbocycles. The summed E-state index contributed by atoms with van der Waals surface area (Å²) in [6.07, 6.45) is -0.597. The topological polar surface area (TPSA) is 22.6 Å². The molecule has 0 radical (unpaired) electrons. The molecule has 1 aromatic heterocycles. The van der Waals surface area contributed by atoms with Crippen molar-refractivity contribution in [2.24, 2.45) is 0 Å². The van der Waals surface area contributed by atoms with Crippen LogP contribution < -0.4 is 4.90 Å². The standard InChI is InChI=1S/C16H20ClF3N4/c1-22-6-8-23(9-7-22)13-2-4-24(5-3-13)15-14(17)10-12(11-21-15)16(18,19)20/h2,10-11H,3-9H2,1H3. The van der Waals surface area contributed by atoms with Gasteiger partial charge in [-0.1, -0.05) is 11.6 Å². The van der Waals surface area contributed by atoms with Crippen LogP contribution in [0.4, 0.5) is 19.0 Å². The van der Waals surface area contributed by atoms with Gasteiger partial charge in [0, 0.05) is 57.6 Å². The molecule has 0 bridgehead atoms. The Labute approximate surface area is 144 Å². The van der Waals surface area contributed by atoms with Crippen molar-refractivity contribution in [1.29, 1.82) is 0 Å². The van der Waals surface area contributed by atoms with Crippen LogP contribution in [-0.2, 0) is 6.18 Å². The number of nitrogens with zero attached hydrogens (tertiary/aromatic N) is 4. The summed E-state index contributed by atoms with van der Waals surface area (Å²) in [6, 6.07) is 0.948. The molecule has 3 heterocycles. The summed E-state index contributed by atoms with van der Waals surface area (Å²) in [5.41, 5.74) is 0.490. The van der Waals surface area contributed by atoms with Crippen molar-refractivity contribution in [2.45, 2.75) is 12.6 Å². The molecule has 24 heavy (non-hydrogen) atoms. The lowest BCUT2D eigenvalue weighted by Crippen LogP contribution is -2.45. The fourth-order valence-electron chi connectivity index (χ4n) is 3.05. The third-order valence-corrected chi connectivity index (χ3v) is 4.82. The molecule has 0 unspecified atom stereocenters. The molecule has 0 N–H and O–H groups in total. The van der Waals surface area contributed by atoms with Gasteiger partial charge in [-0.05, 0) is 19.2 Å². The number of hydrogen-bond donors (Lipinski definition) is 0. The molecule has 8 heteroatoms. The number of anilines is 1. The minimum atomic E-state index is -4.43. The number of pyridine rings is 1. The van der Waals surface area contributed by atoms with Crippen LogP contribution >= 0.6 is 11.6 Å². The molecule has 0 aliphatic carbocycles. The number of hydrogen-bond acceptors (Lipinski definition) is 4. The first-order chi connectivity index (χ1) is 11.3. The molecule has 1 fully saturated rings. The van der Waals surface area contributed by atoms with E-state index in [0.717, 1.165) is 44.9 Å². The van der Waals surface area contributed by atoms with Crippen molar-refractivity contribution in [3.8, 4) is 0 Å². The number of piperazine rings is 1. The number of halogens is 4. The summed E-state index contributed by atoms with van der Waals surface area (Å²) in [5, 5.41) is 0.0428. The van der Waals surface area contributed by atoms with E-state index in [1.165, 1.54) is 5.70 Å². The summed E-state index contributed by atoms with van der Waals surface area (Å²) >= 11 is 6.03. The number of alkyl halides is 3. The Balaban J connectivity index is 1.68. The molecule has 0 saturated carbocycles. The number of aromatic nitrogens is 1. The quantitative estimate of drug-likeness (QED) is 0.808. The van der Waals surface area contributed by atoms with Crippen LogP contribution in [0.3, 0.4) is 0 Å². The van der Waals surface area contributed by atoms with E-state index in [9.17, 15) is 13.2 Å². The zero-order valence-electron chi connectivity index (χ0n) is 13.5. The maximum Gasteiger partial charge on any atom is 0.417 e. The van der Waals surface area contributed by atoms with Gasteiger partial charge in [-0.2, -0.15) is 13.2 Å². The van der Waals surface area contributed by atoms with Crippen LogP contribution in [0.2, 0.25) is 5.02 Å². The Morgan fingerprint density at radius 2 is 1.79 bits per heavy atom. The van der Waals surface area contributed by atoms with Gasteiger partial charge in [-0.15, -0.1) is 0 Å². The van der Waals surface area contributed by atoms with Crippen LogP contribution in [0.1, 0.15) is 12.0 Å². The Morgan fingerprint density at radius 1 is 1.08 bits per heavy atom. The molecule has 2 aliphatic rings. The minimum Gasteiger partial charge on any atom is -0.372 e. The highest BCUT2D eigenvalue weighted by Gasteiger charge is 2.32. The molecule has 4 nitrogen and oxygen atoms in total. The average Bonchev–Trinajstić information content (AvgIpc) is 2.55. The zero-order chi connectivity index (χ0) is 17.3. The van der Waals surface area contributed by atoms with Gasteiger partial charge in [0.15, 0.2) is 0 Å². The second kappa shape index (κ2) is 6.80. The summed E-state index contributed by atoms with van der Waals surface area (Å²) in [6.45, 7) is 5.44. The SMILES string of the molecule is CN1CCN(C2=CCN(c3ncc(C(F)(F)F)cc3Cl)CC2)CC1. The van der Waals surface area contributed by atoms with Crippen molar-refractivity contribution in [1.82, 2.24) is 14.8 Å². The fourth-order valence-corrected chi connectivity index (χ4v) is 3.34. The van der Waals surface area contributed by atoms with E-state index in [-0.39, 0.29) is 5.02 Å². The van der Waals surface area contributed by atoms with Crippen LogP contribution in [-0.4, -0.2) is 61.1 Å². The molecule has 2 aliphatic heterocycles. The van der Waals surface area contributed by atoms with E-state index in [1.807, 2.05) is 4.90 Å². The van der Waals surface area contributed by atoms with Gasteiger partial charge in [0.1, 0.15) is 5.82 Å². The molecule has 3 rings (SSSR count). The molecule has 0 spiro atoms. The van der Waals surface area contributed by atoms with Gasteiger partial charge >= 0.3 is 6.18 Å². The predicted molar refractivity (Wildman–Crippen MR) is 88.2 cm³/mol. The maximum atomic E-state index is 12.7. The molecule has 1 aromatic rings. The highest BCUT2D eigenvalue weighted by Crippen LogP contribution is 2.34. The first-order valence-electron chi connectivity index (χ1n) is 7.95. The van der Waals surface area contributed by atoms with E-state index in [4.69, 9.17) is 11.6 Å². The van der Waals surface area contributed by atoms with Crippen molar-refractivity contribution < 1.29 is 13.2 Å². The molecule has 1 saturated heterocycles. The Bertz CT molecular complexity index is 624. The third-order valence-electron chi connectivity index (χ3n) is 4.54. The Hall–Kier alpha value is -1.47. The average molecular weight is 361 g/mol. The van der Waals surface area contributed by atoms with Crippen LogP contribution in [0.15, 0.2) is 24.0 Å². The third kappa shape index (κ3) is 3.78. The van der Waals surface area contributed by atoms with Crippen LogP contribution in [0, 0.1) is 0 Å². The lowest BCUT2D eigenvalue weighted by molar-refractivity contribution is -0.137. The highest BCUT2D eigenvalue weighted by atomic mass is 35.5. The Kier molecular flexibility index (Phi) is 4.92. The first kappa shape index (κ1) is 17.4. The van der Waals surface area contributed by atoms with Crippen molar-refractivity contribution in [3.05, 3.63) is 34.6 Å². The van der Waals surface area contributed by atoms with Crippen LogP contribution in [0.25, 0.3) is 0 Å². The fraction of sp³-hybridized carbons (Fsp3) is 0.562. The van der Waals surface area contributed by atoms with Crippen molar-refractivity contribution in [3.63, 3.8) is 0 Å². The number of likely N-dealkylation sites (N-methyl/N-ethyl adjacent to an activating group) is 1. The normalized spacial score (nSPS) is 20.3. The summed E-state index contributed by atoms with van der Waals surface area (Å²) in [4.78, 5) is 10.6. The van der Waals surface area contributed by atoms with E-state index < -0.39 is 11.7 Å². The van der Waals surface area contributed by atoms with E-state index in [0.29, 0.717) is 18.9 Å². The molecule has 0 atom stereocenters. The predicted octanol–water partition coefficient (Wildman–Crippen LogP) is 3.10. The summed E-state index contributed by atoms with van der Waals surface area (Å²) in [5.74, 6) is 0.415. The monoisotopic (exact) mass is 360 g/mol. The second-order valence-corrected chi connectivity index (χ2v) is 6.62. The van der Waals surface area contributed by atoms with Gasteiger partial charge < -0.3 is 14.7 Å². The lowest BCUT2D eigenvalue weighted by Gasteiger charge is -2.38. The van der Waals surface area contributed by atoms with Crippen molar-refractivity contribution >= 4 is 17.4 Å². The molecular weight excluding hydrogens is 341 g/mol. The Morgan fingerprint density at radius 3 is 2.33 bits per heavy atom. The van der Waals surface area contributed by atoms with E-state index >= 15 is 0 Å². The van der Waals surface area contributed by atoms with Gasteiger partial charge in [-0.3, -0.25) is 0 Å². The van der Waals surface area contributed by atoms with E-state index in [1.54, 1.807) is 0 Å². The van der Waals surface area contributed by atoms with Gasteiger partial charge in [-0.25, -0.2) is 4.98 Å². The molecule has 0 amide bonds.